The van der Waals surface area contributed by atoms with E-state index in [4.69, 9.17) is 11.6 Å². The molecule has 1 aromatic heterocycles. The Kier molecular flexibility index (Phi) is 4.17. The third kappa shape index (κ3) is 3.37. The molecule has 2 aliphatic rings. The zero-order valence-electron chi connectivity index (χ0n) is 14.0. The molecule has 128 valence electrons. The highest BCUT2D eigenvalue weighted by molar-refractivity contribution is 6.34. The van der Waals surface area contributed by atoms with Gasteiger partial charge in [-0.3, -0.25) is 0 Å². The van der Waals surface area contributed by atoms with E-state index >= 15 is 0 Å². The van der Waals surface area contributed by atoms with Gasteiger partial charge in [0.05, 0.1) is 5.71 Å². The molecule has 0 bridgehead atoms. The number of urea groups is 1. The summed E-state index contributed by atoms with van der Waals surface area (Å²) < 4.78 is 0. The van der Waals surface area contributed by atoms with Gasteiger partial charge in [0.1, 0.15) is 0 Å². The van der Waals surface area contributed by atoms with Crippen molar-refractivity contribution in [2.45, 2.75) is 38.6 Å². The van der Waals surface area contributed by atoms with Crippen LogP contribution in [-0.4, -0.2) is 22.8 Å². The number of aryl methyl sites for hydroxylation is 1. The van der Waals surface area contributed by atoms with Crippen LogP contribution in [0.2, 0.25) is 5.02 Å². The molecule has 0 spiro atoms. The summed E-state index contributed by atoms with van der Waals surface area (Å²) in [5, 5.41) is 6.47. The minimum Gasteiger partial charge on any atom is -0.335 e. The molecule has 0 atom stereocenters. The van der Waals surface area contributed by atoms with E-state index in [9.17, 15) is 4.79 Å². The highest BCUT2D eigenvalue weighted by atomic mass is 35.5. The van der Waals surface area contributed by atoms with Crippen LogP contribution in [0.5, 0.6) is 0 Å². The number of amides is 2. The van der Waals surface area contributed by atoms with Gasteiger partial charge in [0.2, 0.25) is 0 Å². The fourth-order valence-electron chi connectivity index (χ4n) is 3.09. The second-order valence-corrected chi connectivity index (χ2v) is 7.06. The lowest BCUT2D eigenvalue weighted by Gasteiger charge is -2.26. The van der Waals surface area contributed by atoms with Gasteiger partial charge in [0.15, 0.2) is 5.82 Å². The van der Waals surface area contributed by atoms with Crippen molar-refractivity contribution in [3.05, 3.63) is 52.2 Å². The van der Waals surface area contributed by atoms with E-state index in [0.29, 0.717) is 23.2 Å². The van der Waals surface area contributed by atoms with E-state index in [2.05, 4.69) is 26.7 Å². The predicted octanol–water partition coefficient (Wildman–Crippen LogP) is 4.39. The molecule has 25 heavy (non-hydrogen) atoms. The van der Waals surface area contributed by atoms with E-state index in [-0.39, 0.29) is 6.03 Å². The number of rotatable bonds is 3. The molecule has 5 nitrogen and oxygen atoms in total. The Morgan fingerprint density at radius 3 is 2.88 bits per heavy atom. The van der Waals surface area contributed by atoms with Crippen LogP contribution in [0, 0.1) is 6.92 Å². The first-order valence-electron chi connectivity index (χ1n) is 8.49. The number of nitrogens with one attached hydrogen (secondary N) is 2. The monoisotopic (exact) mass is 354 g/mol. The third-order valence-electron chi connectivity index (χ3n) is 4.65. The lowest BCUT2D eigenvalue weighted by Crippen LogP contribution is -2.41. The van der Waals surface area contributed by atoms with Crippen LogP contribution >= 0.6 is 11.6 Å². The summed E-state index contributed by atoms with van der Waals surface area (Å²) >= 11 is 6.37. The summed E-state index contributed by atoms with van der Waals surface area (Å²) in [6.45, 7) is 2.02. The summed E-state index contributed by atoms with van der Waals surface area (Å²) in [5.41, 5.74) is 4.63. The van der Waals surface area contributed by atoms with Crippen molar-refractivity contribution in [3.63, 3.8) is 0 Å². The minimum atomic E-state index is -0.174. The molecule has 1 aliphatic heterocycles. The molecule has 2 N–H and O–H groups in total. The average Bonchev–Trinajstić information content (AvgIpc) is 2.95. The van der Waals surface area contributed by atoms with Crippen LogP contribution in [0.25, 0.3) is 0 Å². The molecule has 2 amide bonds. The molecular weight excluding hydrogens is 336 g/mol. The van der Waals surface area contributed by atoms with Crippen molar-refractivity contribution in [1.29, 1.82) is 0 Å². The number of fused-ring (bicyclic) bond motifs is 1. The highest BCUT2D eigenvalue weighted by Gasteiger charge is 2.21. The van der Waals surface area contributed by atoms with Gasteiger partial charge in [0, 0.05) is 40.5 Å². The van der Waals surface area contributed by atoms with Crippen molar-refractivity contribution in [1.82, 2.24) is 10.3 Å². The van der Waals surface area contributed by atoms with Crippen LogP contribution in [0.4, 0.5) is 16.3 Å². The second kappa shape index (κ2) is 6.48. The van der Waals surface area contributed by atoms with Crippen LogP contribution in [0.1, 0.15) is 36.0 Å². The Bertz CT molecular complexity index is 874. The molecule has 1 aliphatic carbocycles. The van der Waals surface area contributed by atoms with Crippen LogP contribution in [0.15, 0.2) is 35.5 Å². The van der Waals surface area contributed by atoms with Gasteiger partial charge in [-0.05, 0) is 49.9 Å². The summed E-state index contributed by atoms with van der Waals surface area (Å²) in [7, 11) is 0. The molecule has 0 saturated heterocycles. The molecule has 1 fully saturated rings. The first kappa shape index (κ1) is 16.1. The van der Waals surface area contributed by atoms with Gasteiger partial charge < -0.3 is 10.6 Å². The lowest BCUT2D eigenvalue weighted by atomic mass is 9.93. The zero-order chi connectivity index (χ0) is 17.4. The Labute approximate surface area is 151 Å². The molecule has 6 heteroatoms. The van der Waals surface area contributed by atoms with E-state index in [0.717, 1.165) is 41.1 Å². The number of pyridine rings is 1. The Morgan fingerprint density at radius 2 is 2.12 bits per heavy atom. The first-order chi connectivity index (χ1) is 12.1. The highest BCUT2D eigenvalue weighted by Crippen LogP contribution is 2.31. The molecular formula is C19H19ClN4O. The van der Waals surface area contributed by atoms with Gasteiger partial charge in [0.25, 0.3) is 0 Å². The summed E-state index contributed by atoms with van der Waals surface area (Å²) in [5.74, 6) is 0.748. The molecule has 2 aromatic rings. The zero-order valence-corrected chi connectivity index (χ0v) is 14.7. The largest absolute Gasteiger partial charge is 0.335 e. The maximum atomic E-state index is 12.1. The van der Waals surface area contributed by atoms with Crippen molar-refractivity contribution in [2.75, 3.05) is 5.32 Å². The maximum Gasteiger partial charge on any atom is 0.319 e. The molecule has 1 saturated carbocycles. The van der Waals surface area contributed by atoms with Crippen molar-refractivity contribution in [3.8, 4) is 0 Å². The minimum absolute atomic E-state index is 0.174. The summed E-state index contributed by atoms with van der Waals surface area (Å²) in [6.07, 6.45) is 5.81. The van der Waals surface area contributed by atoms with Crippen molar-refractivity contribution in [2.24, 2.45) is 4.99 Å². The van der Waals surface area contributed by atoms with Gasteiger partial charge in [-0.2, -0.15) is 0 Å². The van der Waals surface area contributed by atoms with Gasteiger partial charge in [-0.1, -0.05) is 17.7 Å². The normalized spacial score (nSPS) is 16.0. The number of aromatic nitrogens is 1. The quantitative estimate of drug-likeness (QED) is 0.858. The molecule has 0 unspecified atom stereocenters. The number of aliphatic imine (C=N–C) groups is 1. The topological polar surface area (TPSA) is 66.4 Å². The van der Waals surface area contributed by atoms with E-state index in [1.54, 1.807) is 12.1 Å². The van der Waals surface area contributed by atoms with Crippen LogP contribution < -0.4 is 10.6 Å². The Balaban J connectivity index is 1.53. The molecule has 4 rings (SSSR count). The number of halogens is 1. The average molecular weight is 355 g/mol. The van der Waals surface area contributed by atoms with Gasteiger partial charge in [-0.25, -0.2) is 14.8 Å². The van der Waals surface area contributed by atoms with Gasteiger partial charge >= 0.3 is 6.03 Å². The van der Waals surface area contributed by atoms with Crippen molar-refractivity contribution >= 4 is 34.8 Å². The van der Waals surface area contributed by atoms with E-state index in [1.165, 1.54) is 6.42 Å². The number of hydrogen-bond acceptors (Lipinski definition) is 3. The lowest BCUT2D eigenvalue weighted by molar-refractivity contribution is 0.240. The number of benzene rings is 1. The fourth-order valence-corrected chi connectivity index (χ4v) is 3.31. The summed E-state index contributed by atoms with van der Waals surface area (Å²) in [4.78, 5) is 21.0. The number of carbonyl (C=O) groups is 1. The smallest absolute Gasteiger partial charge is 0.319 e. The Morgan fingerprint density at radius 1 is 1.28 bits per heavy atom. The SMILES string of the molecule is Cc1cnc2c(c1)CC(c1cc(NC(=O)NC3CCC3)ccc1Cl)=N2. The van der Waals surface area contributed by atoms with Gasteiger partial charge in [-0.15, -0.1) is 0 Å². The van der Waals surface area contributed by atoms with Crippen LogP contribution in [0.3, 0.4) is 0 Å². The van der Waals surface area contributed by atoms with Crippen LogP contribution in [-0.2, 0) is 6.42 Å². The predicted molar refractivity (Wildman–Crippen MR) is 100 cm³/mol. The molecule has 1 aromatic carbocycles. The first-order valence-corrected chi connectivity index (χ1v) is 8.87. The summed E-state index contributed by atoms with van der Waals surface area (Å²) in [6, 6.07) is 7.69. The maximum absolute atomic E-state index is 12.1. The number of carbonyl (C=O) groups excluding carboxylic acids is 1. The van der Waals surface area contributed by atoms with E-state index < -0.39 is 0 Å². The third-order valence-corrected chi connectivity index (χ3v) is 4.98. The standard InChI is InChI=1S/C19H19ClN4O/c1-11-7-12-8-17(24-18(12)21-10-11)15-9-14(5-6-16(15)20)23-19(25)22-13-3-2-4-13/h5-7,9-10,13H,2-4,8H2,1H3,(H2,22,23,25). The molecule has 2 heterocycles. The number of hydrogen-bond donors (Lipinski definition) is 2. The second-order valence-electron chi connectivity index (χ2n) is 6.65. The number of nitrogens with zero attached hydrogens (tertiary/aromatic N) is 2. The fraction of sp³-hybridized carbons (Fsp3) is 0.316. The number of anilines is 1. The molecule has 0 radical (unpaired) electrons. The van der Waals surface area contributed by atoms with E-state index in [1.807, 2.05) is 19.2 Å². The Hall–Kier alpha value is -2.40. The van der Waals surface area contributed by atoms with Crippen molar-refractivity contribution < 1.29 is 4.79 Å².